The maximum absolute atomic E-state index is 5.01. The van der Waals surface area contributed by atoms with Gasteiger partial charge in [0.2, 0.25) is 5.89 Å². The summed E-state index contributed by atoms with van der Waals surface area (Å²) >= 11 is 0. The van der Waals surface area contributed by atoms with Crippen LogP contribution in [0, 0.1) is 5.92 Å². The number of aromatic nitrogens is 2. The average Bonchev–Trinajstić information content (AvgIpc) is 2.83. The number of likely N-dealkylation sites (tertiary alicyclic amines) is 1. The van der Waals surface area contributed by atoms with Crippen molar-refractivity contribution in [2.45, 2.75) is 32.7 Å². The molecule has 1 aliphatic rings. The Kier molecular flexibility index (Phi) is 4.50. The molecule has 2 rings (SSSR count). The molecule has 1 saturated heterocycles. The Balaban J connectivity index is 1.73. The van der Waals surface area contributed by atoms with Gasteiger partial charge in [-0.3, -0.25) is 0 Å². The molecule has 0 saturated carbocycles. The van der Waals surface area contributed by atoms with Crippen molar-refractivity contribution < 1.29 is 4.52 Å². The summed E-state index contributed by atoms with van der Waals surface area (Å²) in [5.41, 5.74) is 0. The summed E-state index contributed by atoms with van der Waals surface area (Å²) in [7, 11) is 0. The fraction of sp³-hybridized carbons (Fsp3) is 0.833. The van der Waals surface area contributed by atoms with E-state index >= 15 is 0 Å². The molecule has 0 bridgehead atoms. The molecular formula is C12H22N4O. The highest BCUT2D eigenvalue weighted by atomic mass is 16.5. The summed E-state index contributed by atoms with van der Waals surface area (Å²) in [6.07, 6.45) is 3.56. The van der Waals surface area contributed by atoms with Crippen LogP contribution in [0.25, 0.3) is 0 Å². The minimum atomic E-state index is 0.680. The number of hydrogen-bond donors (Lipinski definition) is 1. The van der Waals surface area contributed by atoms with Crippen molar-refractivity contribution in [2.24, 2.45) is 5.92 Å². The number of piperidine rings is 1. The lowest BCUT2D eigenvalue weighted by Crippen LogP contribution is -2.48. The summed E-state index contributed by atoms with van der Waals surface area (Å²) in [5.74, 6) is 1.46. The number of nitrogens with zero attached hydrogens (tertiary/aromatic N) is 3. The lowest BCUT2D eigenvalue weighted by Gasteiger charge is -2.37. The molecule has 5 nitrogen and oxygen atoms in total. The van der Waals surface area contributed by atoms with Crippen molar-refractivity contribution in [2.75, 3.05) is 26.2 Å². The van der Waals surface area contributed by atoms with E-state index in [-0.39, 0.29) is 0 Å². The number of nitrogens with one attached hydrogen (secondary N) is 1. The predicted molar refractivity (Wildman–Crippen MR) is 65.7 cm³/mol. The normalized spacial score (nSPS) is 26.2. The minimum Gasteiger partial charge on any atom is -0.340 e. The highest BCUT2D eigenvalue weighted by molar-refractivity contribution is 4.84. The molecule has 0 aliphatic carbocycles. The zero-order valence-corrected chi connectivity index (χ0v) is 10.7. The van der Waals surface area contributed by atoms with E-state index in [0.717, 1.165) is 38.5 Å². The smallest absolute Gasteiger partial charge is 0.227 e. The summed E-state index contributed by atoms with van der Waals surface area (Å²) in [4.78, 5) is 6.54. The van der Waals surface area contributed by atoms with Gasteiger partial charge in [-0.05, 0) is 25.4 Å². The van der Waals surface area contributed by atoms with Crippen molar-refractivity contribution in [3.8, 4) is 0 Å². The van der Waals surface area contributed by atoms with Crippen LogP contribution >= 0.6 is 0 Å². The van der Waals surface area contributed by atoms with E-state index in [1.54, 1.807) is 0 Å². The molecular weight excluding hydrogens is 216 g/mol. The average molecular weight is 238 g/mol. The van der Waals surface area contributed by atoms with Crippen LogP contribution in [-0.4, -0.2) is 47.3 Å². The molecule has 17 heavy (non-hydrogen) atoms. The Bertz CT molecular complexity index is 314. The second kappa shape index (κ2) is 6.12. The quantitative estimate of drug-likeness (QED) is 0.827. The first-order chi connectivity index (χ1) is 8.29. The summed E-state index contributed by atoms with van der Waals surface area (Å²) in [5, 5.41) is 7.18. The first kappa shape index (κ1) is 12.5. The highest BCUT2D eigenvalue weighted by Crippen LogP contribution is 2.16. The van der Waals surface area contributed by atoms with Crippen molar-refractivity contribution in [3.63, 3.8) is 0 Å². The molecule has 0 spiro atoms. The van der Waals surface area contributed by atoms with Gasteiger partial charge in [-0.2, -0.15) is 4.98 Å². The van der Waals surface area contributed by atoms with Crippen LogP contribution in [0.1, 0.15) is 26.2 Å². The van der Waals surface area contributed by atoms with Crippen molar-refractivity contribution in [3.05, 3.63) is 12.2 Å². The molecule has 2 atom stereocenters. The van der Waals surface area contributed by atoms with E-state index in [4.69, 9.17) is 4.52 Å². The number of rotatable bonds is 5. The van der Waals surface area contributed by atoms with E-state index in [2.05, 4.69) is 34.2 Å². The Hall–Kier alpha value is -0.940. The van der Waals surface area contributed by atoms with Gasteiger partial charge >= 0.3 is 0 Å². The molecule has 1 aromatic rings. The Morgan fingerprint density at radius 2 is 2.47 bits per heavy atom. The molecule has 1 aliphatic heterocycles. The van der Waals surface area contributed by atoms with Gasteiger partial charge in [-0.15, -0.1) is 0 Å². The molecule has 1 fully saturated rings. The zero-order valence-electron chi connectivity index (χ0n) is 10.7. The molecule has 2 heterocycles. The van der Waals surface area contributed by atoms with Crippen molar-refractivity contribution in [1.82, 2.24) is 20.4 Å². The molecule has 2 unspecified atom stereocenters. The van der Waals surface area contributed by atoms with E-state index in [9.17, 15) is 0 Å². The van der Waals surface area contributed by atoms with Crippen LogP contribution in [0.3, 0.4) is 0 Å². The van der Waals surface area contributed by atoms with Gasteiger partial charge in [0.25, 0.3) is 0 Å². The van der Waals surface area contributed by atoms with Gasteiger partial charge in [-0.25, -0.2) is 0 Å². The Morgan fingerprint density at radius 1 is 1.59 bits per heavy atom. The fourth-order valence-electron chi connectivity index (χ4n) is 2.56. The second-order valence-corrected chi connectivity index (χ2v) is 4.82. The summed E-state index contributed by atoms with van der Waals surface area (Å²) in [6, 6.07) is 0.680. The van der Waals surface area contributed by atoms with Gasteiger partial charge in [0.15, 0.2) is 6.33 Å². The van der Waals surface area contributed by atoms with Crippen LogP contribution in [0.2, 0.25) is 0 Å². The molecule has 0 radical (unpaired) electrons. The monoisotopic (exact) mass is 238 g/mol. The Morgan fingerprint density at radius 3 is 3.12 bits per heavy atom. The van der Waals surface area contributed by atoms with E-state index < -0.39 is 0 Å². The van der Waals surface area contributed by atoms with Crippen molar-refractivity contribution in [1.29, 1.82) is 0 Å². The van der Waals surface area contributed by atoms with Crippen LogP contribution in [-0.2, 0) is 6.42 Å². The topological polar surface area (TPSA) is 54.2 Å². The standard InChI is InChI=1S/C12H22N4O/c1-3-13-11-4-6-16(8-10(11)2)7-5-12-14-9-15-17-12/h9-11,13H,3-8H2,1-2H3. The maximum atomic E-state index is 5.01. The first-order valence-corrected chi connectivity index (χ1v) is 6.51. The van der Waals surface area contributed by atoms with E-state index in [0.29, 0.717) is 12.0 Å². The lowest BCUT2D eigenvalue weighted by molar-refractivity contribution is 0.146. The predicted octanol–water partition coefficient (Wildman–Crippen LogP) is 0.932. The molecule has 0 amide bonds. The third kappa shape index (κ3) is 3.51. The van der Waals surface area contributed by atoms with Gasteiger partial charge in [-0.1, -0.05) is 19.0 Å². The first-order valence-electron chi connectivity index (χ1n) is 6.51. The minimum absolute atomic E-state index is 0.680. The molecule has 96 valence electrons. The Labute approximate surface area is 103 Å². The van der Waals surface area contributed by atoms with Crippen LogP contribution in [0.5, 0.6) is 0 Å². The van der Waals surface area contributed by atoms with Gasteiger partial charge in [0.1, 0.15) is 0 Å². The number of hydrogen-bond acceptors (Lipinski definition) is 5. The van der Waals surface area contributed by atoms with Crippen LogP contribution in [0.4, 0.5) is 0 Å². The third-order valence-corrected chi connectivity index (χ3v) is 3.50. The highest BCUT2D eigenvalue weighted by Gasteiger charge is 2.25. The molecule has 0 aromatic carbocycles. The van der Waals surface area contributed by atoms with Gasteiger partial charge in [0.05, 0.1) is 0 Å². The van der Waals surface area contributed by atoms with Crippen LogP contribution in [0.15, 0.2) is 10.9 Å². The zero-order chi connectivity index (χ0) is 12.1. The van der Waals surface area contributed by atoms with E-state index in [1.807, 2.05) is 0 Å². The largest absolute Gasteiger partial charge is 0.340 e. The fourth-order valence-corrected chi connectivity index (χ4v) is 2.56. The SMILES string of the molecule is CCNC1CCN(CCc2ncno2)CC1C. The van der Waals surface area contributed by atoms with Gasteiger partial charge in [0, 0.05) is 25.6 Å². The van der Waals surface area contributed by atoms with Crippen LogP contribution < -0.4 is 5.32 Å². The molecule has 5 heteroatoms. The summed E-state index contributed by atoms with van der Waals surface area (Å²) < 4.78 is 5.01. The lowest BCUT2D eigenvalue weighted by atomic mass is 9.94. The van der Waals surface area contributed by atoms with E-state index in [1.165, 1.54) is 12.7 Å². The summed E-state index contributed by atoms with van der Waals surface area (Å²) in [6.45, 7) is 8.91. The van der Waals surface area contributed by atoms with Gasteiger partial charge < -0.3 is 14.7 Å². The third-order valence-electron chi connectivity index (χ3n) is 3.50. The second-order valence-electron chi connectivity index (χ2n) is 4.82. The maximum Gasteiger partial charge on any atom is 0.227 e. The molecule has 1 N–H and O–H groups in total. The molecule has 1 aromatic heterocycles. The van der Waals surface area contributed by atoms with Crippen molar-refractivity contribution >= 4 is 0 Å².